The molecule has 0 saturated heterocycles. The zero-order valence-electron chi connectivity index (χ0n) is 13.2. The van der Waals surface area contributed by atoms with Crippen LogP contribution in [0.25, 0.3) is 22.3 Å². The lowest BCUT2D eigenvalue weighted by Gasteiger charge is -2.09. The van der Waals surface area contributed by atoms with E-state index >= 15 is 0 Å². The molecular formula is C18H16FNO3S. The van der Waals surface area contributed by atoms with Crippen LogP contribution in [0.5, 0.6) is 0 Å². The van der Waals surface area contributed by atoms with Gasteiger partial charge in [0.05, 0.1) is 12.3 Å². The number of thiol groups is 1. The van der Waals surface area contributed by atoms with E-state index in [0.29, 0.717) is 27.9 Å². The van der Waals surface area contributed by atoms with E-state index in [-0.39, 0.29) is 12.4 Å². The monoisotopic (exact) mass is 345 g/mol. The molecule has 3 aromatic rings. The molecule has 0 N–H and O–H groups in total. The van der Waals surface area contributed by atoms with Crippen LogP contribution in [0.4, 0.5) is 10.1 Å². The SMILES string of the molecule is CCOC(=O)c1c(-c2ccc(F)cc2)oc2cc(N(C)S)ccc12. The van der Waals surface area contributed by atoms with Gasteiger partial charge in [0, 0.05) is 24.1 Å². The summed E-state index contributed by atoms with van der Waals surface area (Å²) in [6, 6.07) is 11.2. The molecule has 124 valence electrons. The number of fused-ring (bicyclic) bond motifs is 1. The maximum atomic E-state index is 13.2. The van der Waals surface area contributed by atoms with Crippen molar-refractivity contribution in [2.24, 2.45) is 0 Å². The molecule has 0 radical (unpaired) electrons. The number of hydrogen-bond donors (Lipinski definition) is 1. The maximum Gasteiger partial charge on any atom is 0.342 e. The second-order valence-electron chi connectivity index (χ2n) is 5.24. The number of nitrogens with zero attached hydrogens (tertiary/aromatic N) is 1. The first-order chi connectivity index (χ1) is 11.5. The van der Waals surface area contributed by atoms with E-state index in [1.165, 1.54) is 12.1 Å². The Bertz CT molecular complexity index is 887. The molecule has 0 fully saturated rings. The van der Waals surface area contributed by atoms with Crippen LogP contribution in [0.1, 0.15) is 17.3 Å². The van der Waals surface area contributed by atoms with Gasteiger partial charge < -0.3 is 13.5 Å². The van der Waals surface area contributed by atoms with Gasteiger partial charge in [-0.15, -0.1) is 0 Å². The maximum absolute atomic E-state index is 13.2. The van der Waals surface area contributed by atoms with Gasteiger partial charge in [0.2, 0.25) is 0 Å². The Labute approximate surface area is 144 Å². The third kappa shape index (κ3) is 2.97. The molecule has 1 aromatic heterocycles. The van der Waals surface area contributed by atoms with Gasteiger partial charge in [0.25, 0.3) is 0 Å². The summed E-state index contributed by atoms with van der Waals surface area (Å²) in [6.07, 6.45) is 0. The highest BCUT2D eigenvalue weighted by Crippen LogP contribution is 2.36. The molecular weight excluding hydrogens is 329 g/mol. The Hall–Kier alpha value is -2.47. The van der Waals surface area contributed by atoms with Crippen molar-refractivity contribution in [2.45, 2.75) is 6.92 Å². The summed E-state index contributed by atoms with van der Waals surface area (Å²) in [6.45, 7) is 2.00. The van der Waals surface area contributed by atoms with Gasteiger partial charge >= 0.3 is 5.97 Å². The lowest BCUT2D eigenvalue weighted by Crippen LogP contribution is -2.05. The largest absolute Gasteiger partial charge is 0.462 e. The number of anilines is 1. The minimum atomic E-state index is -0.470. The zero-order chi connectivity index (χ0) is 17.3. The van der Waals surface area contributed by atoms with E-state index in [1.54, 1.807) is 42.5 Å². The normalized spacial score (nSPS) is 10.8. The Morgan fingerprint density at radius 2 is 1.96 bits per heavy atom. The van der Waals surface area contributed by atoms with E-state index in [0.717, 1.165) is 5.69 Å². The first-order valence-electron chi connectivity index (χ1n) is 7.43. The molecule has 1 heterocycles. The van der Waals surface area contributed by atoms with Crippen LogP contribution < -0.4 is 4.31 Å². The lowest BCUT2D eigenvalue weighted by molar-refractivity contribution is 0.0529. The minimum Gasteiger partial charge on any atom is -0.462 e. The van der Waals surface area contributed by atoms with Gasteiger partial charge in [-0.1, -0.05) is 12.8 Å². The number of rotatable bonds is 4. The second kappa shape index (κ2) is 6.57. The fourth-order valence-corrected chi connectivity index (χ4v) is 2.62. The molecule has 0 aliphatic heterocycles. The van der Waals surface area contributed by atoms with Crippen molar-refractivity contribution >= 4 is 35.4 Å². The average molecular weight is 345 g/mol. The van der Waals surface area contributed by atoms with Gasteiger partial charge in [-0.2, -0.15) is 0 Å². The summed E-state index contributed by atoms with van der Waals surface area (Å²) >= 11 is 4.26. The number of hydrogen-bond acceptors (Lipinski definition) is 5. The van der Waals surface area contributed by atoms with Crippen molar-refractivity contribution in [1.82, 2.24) is 0 Å². The molecule has 0 amide bonds. The summed E-state index contributed by atoms with van der Waals surface area (Å²) in [5, 5.41) is 0.645. The van der Waals surface area contributed by atoms with Crippen molar-refractivity contribution in [3.8, 4) is 11.3 Å². The summed E-state index contributed by atoms with van der Waals surface area (Å²) in [5.74, 6) is -0.462. The average Bonchev–Trinajstić information content (AvgIpc) is 2.94. The first-order valence-corrected chi connectivity index (χ1v) is 7.83. The third-order valence-corrected chi connectivity index (χ3v) is 3.86. The van der Waals surface area contributed by atoms with Crippen LogP contribution >= 0.6 is 12.8 Å². The minimum absolute atomic E-state index is 0.256. The van der Waals surface area contributed by atoms with Crippen molar-refractivity contribution in [1.29, 1.82) is 0 Å². The summed E-state index contributed by atoms with van der Waals surface area (Å²) in [4.78, 5) is 12.4. The van der Waals surface area contributed by atoms with E-state index in [4.69, 9.17) is 9.15 Å². The summed E-state index contributed by atoms with van der Waals surface area (Å²) in [5.41, 5.74) is 2.31. The Morgan fingerprint density at radius 3 is 2.58 bits per heavy atom. The van der Waals surface area contributed by atoms with Crippen LogP contribution in [0.3, 0.4) is 0 Å². The second-order valence-corrected chi connectivity index (χ2v) is 5.84. The molecule has 3 rings (SSSR count). The van der Waals surface area contributed by atoms with Crippen molar-refractivity contribution in [3.05, 3.63) is 53.8 Å². The molecule has 0 saturated carbocycles. The third-order valence-electron chi connectivity index (χ3n) is 3.63. The van der Waals surface area contributed by atoms with Gasteiger partial charge in [-0.05, 0) is 43.3 Å². The topological polar surface area (TPSA) is 42.7 Å². The van der Waals surface area contributed by atoms with Crippen LogP contribution in [-0.4, -0.2) is 19.6 Å². The van der Waals surface area contributed by atoms with Crippen LogP contribution in [-0.2, 0) is 4.74 Å². The Kier molecular flexibility index (Phi) is 4.49. The Balaban J connectivity index is 2.23. The first kappa shape index (κ1) is 16.4. The number of carbonyl (C=O) groups is 1. The molecule has 24 heavy (non-hydrogen) atoms. The number of furan rings is 1. The molecule has 0 atom stereocenters. The number of esters is 1. The van der Waals surface area contributed by atoms with Crippen LogP contribution in [0.2, 0.25) is 0 Å². The number of benzene rings is 2. The number of halogens is 1. The molecule has 6 heteroatoms. The van der Waals surface area contributed by atoms with Gasteiger partial charge in [0.15, 0.2) is 0 Å². The van der Waals surface area contributed by atoms with E-state index in [9.17, 15) is 9.18 Å². The quantitative estimate of drug-likeness (QED) is 0.550. The highest BCUT2D eigenvalue weighted by atomic mass is 32.1. The van der Waals surface area contributed by atoms with E-state index in [2.05, 4.69) is 12.8 Å². The zero-order valence-corrected chi connectivity index (χ0v) is 14.1. The lowest BCUT2D eigenvalue weighted by atomic mass is 10.1. The van der Waals surface area contributed by atoms with Crippen molar-refractivity contribution < 1.29 is 18.3 Å². The standard InChI is InChI=1S/C18H16FNO3S/c1-3-22-18(21)16-14-9-8-13(20(2)24)10-15(14)23-17(16)11-4-6-12(19)7-5-11/h4-10,24H,3H2,1-2H3. The predicted octanol–water partition coefficient (Wildman–Crippen LogP) is 4.70. The summed E-state index contributed by atoms with van der Waals surface area (Å²) < 4.78 is 25.9. The Morgan fingerprint density at radius 1 is 1.25 bits per heavy atom. The molecule has 0 unspecified atom stereocenters. The molecule has 0 bridgehead atoms. The highest BCUT2D eigenvalue weighted by molar-refractivity contribution is 7.81. The number of carbonyl (C=O) groups excluding carboxylic acids is 1. The van der Waals surface area contributed by atoms with Crippen molar-refractivity contribution in [3.63, 3.8) is 0 Å². The van der Waals surface area contributed by atoms with E-state index in [1.807, 2.05) is 6.07 Å². The summed E-state index contributed by atoms with van der Waals surface area (Å²) in [7, 11) is 1.79. The fraction of sp³-hybridized carbons (Fsp3) is 0.167. The van der Waals surface area contributed by atoms with Crippen LogP contribution in [0, 0.1) is 5.82 Å². The molecule has 0 aliphatic rings. The highest BCUT2D eigenvalue weighted by Gasteiger charge is 2.23. The van der Waals surface area contributed by atoms with Gasteiger partial charge in [-0.25, -0.2) is 9.18 Å². The van der Waals surface area contributed by atoms with Crippen molar-refractivity contribution in [2.75, 3.05) is 18.0 Å². The molecule has 0 aliphatic carbocycles. The molecule has 0 spiro atoms. The smallest absolute Gasteiger partial charge is 0.342 e. The number of ether oxygens (including phenoxy) is 1. The van der Waals surface area contributed by atoms with Gasteiger partial charge in [0.1, 0.15) is 22.7 Å². The van der Waals surface area contributed by atoms with Crippen LogP contribution in [0.15, 0.2) is 46.9 Å². The van der Waals surface area contributed by atoms with Gasteiger partial charge in [-0.3, -0.25) is 0 Å². The molecule has 4 nitrogen and oxygen atoms in total. The predicted molar refractivity (Wildman–Crippen MR) is 95.0 cm³/mol. The fourth-order valence-electron chi connectivity index (χ4n) is 2.50. The van der Waals surface area contributed by atoms with E-state index < -0.39 is 5.97 Å². The molecule has 2 aromatic carbocycles.